The van der Waals surface area contributed by atoms with E-state index in [-0.39, 0.29) is 5.56 Å². The molecule has 2 aromatic carbocycles. The number of aryl methyl sites for hydroxylation is 1. The van der Waals surface area contributed by atoms with Gasteiger partial charge in [0.15, 0.2) is 6.17 Å². The Morgan fingerprint density at radius 1 is 1.07 bits per heavy atom. The lowest BCUT2D eigenvalue weighted by molar-refractivity contribution is 0.574. The molecule has 134 valence electrons. The van der Waals surface area contributed by atoms with Gasteiger partial charge < -0.3 is 4.90 Å². The molecule has 2 aliphatic rings. The number of anilines is 2. The number of para-hydroxylation sites is 1. The van der Waals surface area contributed by atoms with Crippen LogP contribution in [0.4, 0.5) is 11.6 Å². The van der Waals surface area contributed by atoms with E-state index in [0.29, 0.717) is 11.6 Å². The van der Waals surface area contributed by atoms with E-state index in [0.717, 1.165) is 30.2 Å². The highest BCUT2D eigenvalue weighted by Crippen LogP contribution is 2.31. The second-order valence-electron chi connectivity index (χ2n) is 6.82. The zero-order chi connectivity index (χ0) is 18.4. The molecule has 5 rings (SSSR count). The van der Waals surface area contributed by atoms with Gasteiger partial charge >= 0.3 is 0 Å². The van der Waals surface area contributed by atoms with Gasteiger partial charge in [-0.2, -0.15) is 0 Å². The maximum atomic E-state index is 12.7. The van der Waals surface area contributed by atoms with Crippen molar-refractivity contribution in [3.05, 3.63) is 87.8 Å². The topological polar surface area (TPSA) is 62.5 Å². The molecule has 3 heterocycles. The molecule has 6 nitrogen and oxygen atoms in total. The zero-order valence-corrected chi connectivity index (χ0v) is 15.0. The predicted octanol–water partition coefficient (Wildman–Crippen LogP) is 2.94. The third-order valence-electron chi connectivity index (χ3n) is 5.03. The second-order valence-corrected chi connectivity index (χ2v) is 6.82. The molecule has 0 bridgehead atoms. The maximum Gasteiger partial charge on any atom is 0.257 e. The monoisotopic (exact) mass is 357 g/mol. The average Bonchev–Trinajstić information content (AvgIpc) is 3.11. The Morgan fingerprint density at radius 2 is 1.85 bits per heavy atom. The quantitative estimate of drug-likeness (QED) is 0.727. The summed E-state index contributed by atoms with van der Waals surface area (Å²) < 4.78 is 1.62. The fourth-order valence-corrected chi connectivity index (χ4v) is 3.78. The summed E-state index contributed by atoms with van der Waals surface area (Å²) in [5.74, 6) is 1.26. The van der Waals surface area contributed by atoms with E-state index >= 15 is 0 Å². The van der Waals surface area contributed by atoms with Crippen LogP contribution in [-0.2, 0) is 6.42 Å². The van der Waals surface area contributed by atoms with E-state index in [1.54, 1.807) is 10.6 Å². The molecule has 3 aromatic rings. The Balaban J connectivity index is 1.66. The van der Waals surface area contributed by atoms with Crippen molar-refractivity contribution in [3.63, 3.8) is 0 Å². The molecule has 0 saturated heterocycles. The fourth-order valence-electron chi connectivity index (χ4n) is 3.78. The summed E-state index contributed by atoms with van der Waals surface area (Å²) in [6, 6.07) is 19.8. The van der Waals surface area contributed by atoms with Crippen LogP contribution in [0, 0.1) is 6.92 Å². The van der Waals surface area contributed by atoms with Crippen LogP contribution in [0.15, 0.2) is 70.5 Å². The minimum Gasteiger partial charge on any atom is -0.312 e. The highest BCUT2D eigenvalue weighted by Gasteiger charge is 2.30. The molecule has 0 spiro atoms. The molecule has 27 heavy (non-hydrogen) atoms. The molecule has 0 amide bonds. The summed E-state index contributed by atoms with van der Waals surface area (Å²) in [6.07, 6.45) is 0.534. The van der Waals surface area contributed by atoms with Gasteiger partial charge in [0.25, 0.3) is 5.56 Å². The van der Waals surface area contributed by atoms with E-state index < -0.39 is 6.17 Å². The number of nitrogens with one attached hydrogen (secondary N) is 1. The summed E-state index contributed by atoms with van der Waals surface area (Å²) in [5.41, 5.74) is 3.99. The Kier molecular flexibility index (Phi) is 3.57. The average molecular weight is 357 g/mol. The molecule has 0 aliphatic carbocycles. The smallest absolute Gasteiger partial charge is 0.257 e. The van der Waals surface area contributed by atoms with Gasteiger partial charge in [-0.25, -0.2) is 9.98 Å². The molecule has 1 unspecified atom stereocenters. The largest absolute Gasteiger partial charge is 0.312 e. The predicted molar refractivity (Wildman–Crippen MR) is 106 cm³/mol. The number of benzene rings is 2. The number of aliphatic imine (C=N–C) groups is 1. The lowest BCUT2D eigenvalue weighted by Gasteiger charge is -2.31. The number of hydrogen-bond acceptors (Lipinski definition) is 5. The molecule has 2 aliphatic heterocycles. The van der Waals surface area contributed by atoms with Crippen molar-refractivity contribution in [3.8, 4) is 0 Å². The summed E-state index contributed by atoms with van der Waals surface area (Å²) in [7, 11) is 0. The summed E-state index contributed by atoms with van der Waals surface area (Å²) in [4.78, 5) is 24.4. The van der Waals surface area contributed by atoms with E-state index in [1.807, 2.05) is 43.3 Å². The van der Waals surface area contributed by atoms with Crippen molar-refractivity contribution in [1.29, 1.82) is 0 Å². The van der Waals surface area contributed by atoms with Gasteiger partial charge in [0.2, 0.25) is 11.9 Å². The number of aromatic nitrogens is 2. The van der Waals surface area contributed by atoms with Gasteiger partial charge in [0.1, 0.15) is 0 Å². The molecule has 0 fully saturated rings. The molecule has 6 heteroatoms. The molecule has 1 aromatic heterocycles. The van der Waals surface area contributed by atoms with Gasteiger partial charge in [-0.3, -0.25) is 14.7 Å². The number of guanidine groups is 1. The summed E-state index contributed by atoms with van der Waals surface area (Å²) in [6.45, 7) is 2.68. The van der Waals surface area contributed by atoms with Crippen LogP contribution in [-0.4, -0.2) is 22.1 Å². The first-order valence-electron chi connectivity index (χ1n) is 9.06. The zero-order valence-electron chi connectivity index (χ0n) is 15.0. The Labute approximate surface area is 156 Å². The van der Waals surface area contributed by atoms with Crippen LogP contribution in [0.5, 0.6) is 0 Å². The van der Waals surface area contributed by atoms with Crippen molar-refractivity contribution in [2.45, 2.75) is 19.5 Å². The SMILES string of the molecule is Cc1cc(=O)n2c(n1)NC(N1CCc3ccccc31)=NC2c1ccccc1. The van der Waals surface area contributed by atoms with Crippen LogP contribution in [0.1, 0.15) is 23.0 Å². The summed E-state index contributed by atoms with van der Waals surface area (Å²) in [5, 5.41) is 3.29. The van der Waals surface area contributed by atoms with E-state index in [2.05, 4.69) is 33.4 Å². The van der Waals surface area contributed by atoms with Crippen molar-refractivity contribution in [2.75, 3.05) is 16.8 Å². The third-order valence-corrected chi connectivity index (χ3v) is 5.03. The highest BCUT2D eigenvalue weighted by atomic mass is 16.1. The van der Waals surface area contributed by atoms with Crippen molar-refractivity contribution in [1.82, 2.24) is 9.55 Å². The van der Waals surface area contributed by atoms with E-state index in [1.165, 1.54) is 5.56 Å². The molecule has 0 saturated carbocycles. The van der Waals surface area contributed by atoms with Gasteiger partial charge in [0, 0.05) is 24.0 Å². The van der Waals surface area contributed by atoms with Gasteiger partial charge in [0.05, 0.1) is 0 Å². The van der Waals surface area contributed by atoms with Crippen LogP contribution in [0.25, 0.3) is 0 Å². The van der Waals surface area contributed by atoms with Crippen molar-refractivity contribution >= 4 is 17.6 Å². The Bertz CT molecular complexity index is 1100. The van der Waals surface area contributed by atoms with E-state index in [4.69, 9.17) is 4.99 Å². The number of nitrogens with zero attached hydrogens (tertiary/aromatic N) is 4. The molecule has 0 radical (unpaired) electrons. The lowest BCUT2D eigenvalue weighted by atomic mass is 10.1. The molecule has 1 N–H and O–H groups in total. The minimum absolute atomic E-state index is 0.108. The first kappa shape index (κ1) is 15.8. The first-order chi connectivity index (χ1) is 13.2. The standard InChI is InChI=1S/C21H19N5O/c1-14-13-18(27)26-19(16-8-3-2-4-9-16)23-20(24-21(26)22-14)25-12-11-15-7-5-6-10-17(15)25/h2-10,13,19H,11-12H2,1H3,(H,22,23,24). The Hall–Kier alpha value is -3.41. The van der Waals surface area contributed by atoms with Gasteiger partial charge in [-0.15, -0.1) is 0 Å². The molecular weight excluding hydrogens is 338 g/mol. The number of fused-ring (bicyclic) bond motifs is 2. The lowest BCUT2D eigenvalue weighted by Crippen LogP contribution is -2.43. The summed E-state index contributed by atoms with van der Waals surface area (Å²) >= 11 is 0. The second kappa shape index (κ2) is 6.09. The fraction of sp³-hybridized carbons (Fsp3) is 0.190. The van der Waals surface area contributed by atoms with Crippen LogP contribution in [0.3, 0.4) is 0 Å². The maximum absolute atomic E-state index is 12.7. The van der Waals surface area contributed by atoms with Crippen molar-refractivity contribution in [2.24, 2.45) is 4.99 Å². The van der Waals surface area contributed by atoms with Gasteiger partial charge in [-0.1, -0.05) is 48.5 Å². The van der Waals surface area contributed by atoms with E-state index in [9.17, 15) is 4.79 Å². The number of rotatable bonds is 1. The van der Waals surface area contributed by atoms with Crippen molar-refractivity contribution < 1.29 is 0 Å². The third kappa shape index (κ3) is 2.61. The van der Waals surface area contributed by atoms with Crippen LogP contribution < -0.4 is 15.8 Å². The number of hydrogen-bond donors (Lipinski definition) is 1. The molecule has 1 atom stereocenters. The van der Waals surface area contributed by atoms with Crippen LogP contribution in [0.2, 0.25) is 0 Å². The minimum atomic E-state index is -0.439. The first-order valence-corrected chi connectivity index (χ1v) is 9.06. The van der Waals surface area contributed by atoms with Gasteiger partial charge in [-0.05, 0) is 30.5 Å². The molecular formula is C21H19N5O. The highest BCUT2D eigenvalue weighted by molar-refractivity contribution is 6.06. The normalized spacial score (nSPS) is 17.7. The van der Waals surface area contributed by atoms with Crippen LogP contribution >= 0.6 is 0 Å². The Morgan fingerprint density at radius 3 is 2.70 bits per heavy atom.